The zero-order valence-electron chi connectivity index (χ0n) is 10.1. The Hall–Kier alpha value is -2.03. The number of aromatic nitrogens is 1. The van der Waals surface area contributed by atoms with Crippen molar-refractivity contribution < 1.29 is 4.74 Å². The van der Waals surface area contributed by atoms with E-state index in [2.05, 4.69) is 4.98 Å². The monoisotopic (exact) mass is 228 g/mol. The Morgan fingerprint density at radius 3 is 2.76 bits per heavy atom. The largest absolute Gasteiger partial charge is 0.486 e. The smallest absolute Gasteiger partial charge is 0.122 e. The maximum Gasteiger partial charge on any atom is 0.122 e. The molecule has 0 amide bonds. The molecule has 0 bridgehead atoms. The van der Waals surface area contributed by atoms with E-state index in [1.54, 1.807) is 6.20 Å². The Bertz CT molecular complexity index is 497. The van der Waals surface area contributed by atoms with Crippen molar-refractivity contribution in [1.29, 1.82) is 0 Å². The molecular formula is C14H16N2O. The summed E-state index contributed by atoms with van der Waals surface area (Å²) in [7, 11) is 0. The Labute approximate surface area is 101 Å². The summed E-state index contributed by atoms with van der Waals surface area (Å²) in [5.41, 5.74) is 8.63. The van der Waals surface area contributed by atoms with E-state index in [-0.39, 0.29) is 6.10 Å². The predicted molar refractivity (Wildman–Crippen MR) is 68.9 cm³/mol. The van der Waals surface area contributed by atoms with E-state index in [4.69, 9.17) is 10.5 Å². The molecule has 2 aromatic rings. The molecule has 17 heavy (non-hydrogen) atoms. The van der Waals surface area contributed by atoms with Crippen molar-refractivity contribution in [1.82, 2.24) is 4.98 Å². The van der Waals surface area contributed by atoms with Crippen LogP contribution >= 0.6 is 0 Å². The zero-order chi connectivity index (χ0) is 12.3. The molecule has 1 heterocycles. The van der Waals surface area contributed by atoms with Gasteiger partial charge in [-0.2, -0.15) is 0 Å². The van der Waals surface area contributed by atoms with Crippen LogP contribution in [0.25, 0.3) is 0 Å². The van der Waals surface area contributed by atoms with Crippen LogP contribution < -0.4 is 10.5 Å². The van der Waals surface area contributed by atoms with Crippen molar-refractivity contribution in [2.75, 3.05) is 5.73 Å². The van der Waals surface area contributed by atoms with Gasteiger partial charge in [0.15, 0.2) is 0 Å². The molecule has 0 saturated carbocycles. The summed E-state index contributed by atoms with van der Waals surface area (Å²) in [4.78, 5) is 4.08. The summed E-state index contributed by atoms with van der Waals surface area (Å²) in [6, 6.07) is 9.60. The number of nitrogens with zero attached hydrogens (tertiary/aromatic N) is 1. The van der Waals surface area contributed by atoms with Crippen molar-refractivity contribution >= 4 is 5.69 Å². The minimum Gasteiger partial charge on any atom is -0.486 e. The highest BCUT2D eigenvalue weighted by atomic mass is 16.5. The summed E-state index contributed by atoms with van der Waals surface area (Å²) >= 11 is 0. The topological polar surface area (TPSA) is 48.1 Å². The minimum atomic E-state index is -0.0216. The highest BCUT2D eigenvalue weighted by Gasteiger charge is 2.07. The lowest BCUT2D eigenvalue weighted by molar-refractivity contribution is 0.226. The first-order valence-corrected chi connectivity index (χ1v) is 5.59. The highest BCUT2D eigenvalue weighted by molar-refractivity contribution is 5.49. The van der Waals surface area contributed by atoms with Crippen LogP contribution in [0.3, 0.4) is 0 Å². The molecule has 0 fully saturated rings. The third-order valence-electron chi connectivity index (χ3n) is 2.71. The van der Waals surface area contributed by atoms with E-state index < -0.39 is 0 Å². The number of aryl methyl sites for hydroxylation is 1. The number of hydrogen-bond donors (Lipinski definition) is 1. The fraction of sp³-hybridized carbons (Fsp3) is 0.214. The normalized spacial score (nSPS) is 12.1. The van der Waals surface area contributed by atoms with Crippen molar-refractivity contribution in [2.24, 2.45) is 0 Å². The van der Waals surface area contributed by atoms with Crippen LogP contribution in [0.2, 0.25) is 0 Å². The average Bonchev–Trinajstić information content (AvgIpc) is 2.35. The van der Waals surface area contributed by atoms with Crippen LogP contribution in [0, 0.1) is 6.92 Å². The molecule has 0 aliphatic carbocycles. The number of benzene rings is 1. The van der Waals surface area contributed by atoms with E-state index in [1.165, 1.54) is 0 Å². The van der Waals surface area contributed by atoms with Crippen LogP contribution in [0.1, 0.15) is 24.2 Å². The molecule has 0 aliphatic rings. The van der Waals surface area contributed by atoms with E-state index in [9.17, 15) is 0 Å². The molecule has 0 aliphatic heterocycles. The van der Waals surface area contributed by atoms with Gasteiger partial charge in [0.25, 0.3) is 0 Å². The molecule has 88 valence electrons. The van der Waals surface area contributed by atoms with Crippen LogP contribution in [0.4, 0.5) is 5.69 Å². The zero-order valence-corrected chi connectivity index (χ0v) is 10.1. The molecule has 1 aromatic heterocycles. The molecule has 1 atom stereocenters. The fourth-order valence-corrected chi connectivity index (χ4v) is 1.61. The first-order chi connectivity index (χ1) is 8.16. The lowest BCUT2D eigenvalue weighted by Gasteiger charge is -2.15. The van der Waals surface area contributed by atoms with Gasteiger partial charge >= 0.3 is 0 Å². The second-order valence-electron chi connectivity index (χ2n) is 4.06. The minimum absolute atomic E-state index is 0.0216. The highest BCUT2D eigenvalue weighted by Crippen LogP contribution is 2.24. The molecular weight excluding hydrogens is 212 g/mol. The Morgan fingerprint density at radius 1 is 1.29 bits per heavy atom. The third-order valence-corrected chi connectivity index (χ3v) is 2.71. The van der Waals surface area contributed by atoms with Crippen LogP contribution in [0.5, 0.6) is 5.75 Å². The molecule has 3 heteroatoms. The van der Waals surface area contributed by atoms with Gasteiger partial charge in [-0.3, -0.25) is 4.98 Å². The van der Waals surface area contributed by atoms with Gasteiger partial charge in [-0.1, -0.05) is 6.07 Å². The average molecular weight is 228 g/mol. The summed E-state index contributed by atoms with van der Waals surface area (Å²) < 4.78 is 5.84. The van der Waals surface area contributed by atoms with Gasteiger partial charge in [-0.25, -0.2) is 0 Å². The number of anilines is 1. The predicted octanol–water partition coefficient (Wildman–Crippen LogP) is 3.11. The molecule has 0 radical (unpaired) electrons. The summed E-state index contributed by atoms with van der Waals surface area (Å²) in [6.07, 6.45) is 3.55. The quantitative estimate of drug-likeness (QED) is 0.821. The Kier molecular flexibility index (Phi) is 3.28. The van der Waals surface area contributed by atoms with Gasteiger partial charge in [0.2, 0.25) is 0 Å². The fourth-order valence-electron chi connectivity index (χ4n) is 1.61. The maximum absolute atomic E-state index is 5.84. The molecule has 3 nitrogen and oxygen atoms in total. The van der Waals surface area contributed by atoms with Gasteiger partial charge in [0.1, 0.15) is 11.9 Å². The summed E-state index contributed by atoms with van der Waals surface area (Å²) in [5.74, 6) is 0.827. The standard InChI is InChI=1S/C14H16N2O/c1-10-8-13(5-6-14(10)15)17-11(2)12-4-3-7-16-9-12/h3-9,11H,15H2,1-2H3. The van der Waals surface area contributed by atoms with Crippen LogP contribution in [-0.2, 0) is 0 Å². The first kappa shape index (κ1) is 11.5. The van der Waals surface area contributed by atoms with E-state index in [0.717, 1.165) is 22.6 Å². The van der Waals surface area contributed by atoms with E-state index in [1.807, 2.05) is 50.4 Å². The number of hydrogen-bond acceptors (Lipinski definition) is 3. The van der Waals surface area contributed by atoms with E-state index >= 15 is 0 Å². The van der Waals surface area contributed by atoms with Gasteiger partial charge in [-0.15, -0.1) is 0 Å². The van der Waals surface area contributed by atoms with E-state index in [0.29, 0.717) is 0 Å². The molecule has 1 aromatic carbocycles. The third kappa shape index (κ3) is 2.75. The van der Waals surface area contributed by atoms with Crippen molar-refractivity contribution in [3.05, 3.63) is 53.9 Å². The summed E-state index contributed by atoms with van der Waals surface area (Å²) in [5, 5.41) is 0. The number of nitrogen functional groups attached to an aromatic ring is 1. The van der Waals surface area contributed by atoms with Gasteiger partial charge in [-0.05, 0) is 43.7 Å². The lowest BCUT2D eigenvalue weighted by Crippen LogP contribution is -2.03. The second kappa shape index (κ2) is 4.87. The van der Waals surface area contributed by atoms with Crippen molar-refractivity contribution in [2.45, 2.75) is 20.0 Å². The molecule has 2 N–H and O–H groups in total. The van der Waals surface area contributed by atoms with Gasteiger partial charge in [0.05, 0.1) is 0 Å². The van der Waals surface area contributed by atoms with Gasteiger partial charge < -0.3 is 10.5 Å². The molecule has 0 spiro atoms. The van der Waals surface area contributed by atoms with Crippen molar-refractivity contribution in [3.8, 4) is 5.75 Å². The molecule has 0 saturated heterocycles. The molecule has 2 rings (SSSR count). The first-order valence-electron chi connectivity index (χ1n) is 5.59. The number of ether oxygens (including phenoxy) is 1. The molecule has 1 unspecified atom stereocenters. The van der Waals surface area contributed by atoms with Crippen LogP contribution in [0.15, 0.2) is 42.7 Å². The van der Waals surface area contributed by atoms with Crippen LogP contribution in [-0.4, -0.2) is 4.98 Å². The Balaban J connectivity index is 2.13. The maximum atomic E-state index is 5.84. The van der Waals surface area contributed by atoms with Gasteiger partial charge in [0, 0.05) is 23.6 Å². The number of nitrogens with two attached hydrogens (primary N) is 1. The second-order valence-corrected chi connectivity index (χ2v) is 4.06. The number of pyridine rings is 1. The summed E-state index contributed by atoms with van der Waals surface area (Å²) in [6.45, 7) is 3.97. The Morgan fingerprint density at radius 2 is 2.12 bits per heavy atom. The number of rotatable bonds is 3. The van der Waals surface area contributed by atoms with Crippen molar-refractivity contribution in [3.63, 3.8) is 0 Å². The SMILES string of the molecule is Cc1cc(OC(C)c2cccnc2)ccc1N. The lowest BCUT2D eigenvalue weighted by atomic mass is 10.1.